The van der Waals surface area contributed by atoms with Crippen molar-refractivity contribution in [3.63, 3.8) is 0 Å². The third kappa shape index (κ3) is 3.08. The molecule has 0 spiro atoms. The highest BCUT2D eigenvalue weighted by Gasteiger charge is 2.23. The Morgan fingerprint density at radius 2 is 2.04 bits per heavy atom. The van der Waals surface area contributed by atoms with Crippen LogP contribution >= 0.6 is 23.1 Å². The number of thioether (sulfide) groups is 1. The fraction of sp³-hybridized carbons (Fsp3) is 0.450. The van der Waals surface area contributed by atoms with Crippen molar-refractivity contribution in [1.82, 2.24) is 15.0 Å². The summed E-state index contributed by atoms with van der Waals surface area (Å²) in [6.45, 7) is 8.38. The maximum atomic E-state index is 5.11. The third-order valence-corrected chi connectivity index (χ3v) is 6.91. The van der Waals surface area contributed by atoms with Gasteiger partial charge in [0.25, 0.3) is 0 Å². The first-order valence-corrected chi connectivity index (χ1v) is 10.8. The number of aromatic nitrogens is 3. The number of aryl methyl sites for hydroxylation is 1. The zero-order valence-corrected chi connectivity index (χ0v) is 16.5. The standard InChI is InChI=1S/C20H23N3S2/c1-4-9-24-20-18-17(21-11-22-20)16-14-8-6-5-7-13(14)15(10-12(2)3)23-19(16)25-18/h4,11-12H,1,5-10H2,2-3H3. The number of nitrogens with zero attached hydrogens (tertiary/aromatic N) is 3. The number of rotatable bonds is 5. The second kappa shape index (κ2) is 7.04. The normalized spacial score (nSPS) is 14.4. The van der Waals surface area contributed by atoms with Gasteiger partial charge in [-0.2, -0.15) is 0 Å². The van der Waals surface area contributed by atoms with Gasteiger partial charge >= 0.3 is 0 Å². The summed E-state index contributed by atoms with van der Waals surface area (Å²) >= 11 is 3.49. The van der Waals surface area contributed by atoms with Crippen LogP contribution in [0.15, 0.2) is 24.0 Å². The van der Waals surface area contributed by atoms with Gasteiger partial charge in [0, 0.05) is 16.8 Å². The Bertz CT molecular complexity index is 943. The van der Waals surface area contributed by atoms with Crippen LogP contribution in [-0.2, 0) is 19.3 Å². The molecule has 3 nitrogen and oxygen atoms in total. The fourth-order valence-electron chi connectivity index (χ4n) is 3.71. The molecular formula is C20H23N3S2. The van der Waals surface area contributed by atoms with Gasteiger partial charge in [-0.05, 0) is 49.1 Å². The van der Waals surface area contributed by atoms with Crippen molar-refractivity contribution in [2.24, 2.45) is 5.92 Å². The number of hydrogen-bond acceptors (Lipinski definition) is 5. The number of hydrogen-bond donors (Lipinski definition) is 0. The molecule has 0 fully saturated rings. The average Bonchev–Trinajstić information content (AvgIpc) is 2.98. The van der Waals surface area contributed by atoms with Crippen LogP contribution in [0.1, 0.15) is 43.5 Å². The van der Waals surface area contributed by atoms with Crippen LogP contribution in [0.5, 0.6) is 0 Å². The van der Waals surface area contributed by atoms with E-state index in [9.17, 15) is 0 Å². The molecule has 0 saturated heterocycles. The molecule has 4 rings (SSSR count). The minimum absolute atomic E-state index is 0.629. The molecule has 3 aromatic heterocycles. The summed E-state index contributed by atoms with van der Waals surface area (Å²) in [5, 5.41) is 2.35. The second-order valence-corrected chi connectivity index (χ2v) is 9.07. The molecule has 5 heteroatoms. The van der Waals surface area contributed by atoms with Gasteiger partial charge in [-0.3, -0.25) is 0 Å². The Morgan fingerprint density at radius 3 is 2.80 bits per heavy atom. The van der Waals surface area contributed by atoms with Gasteiger partial charge < -0.3 is 0 Å². The lowest BCUT2D eigenvalue weighted by Gasteiger charge is -2.20. The van der Waals surface area contributed by atoms with Crippen molar-refractivity contribution >= 4 is 43.5 Å². The fourth-order valence-corrected chi connectivity index (χ4v) is 5.70. The monoisotopic (exact) mass is 369 g/mol. The molecule has 130 valence electrons. The quantitative estimate of drug-likeness (QED) is 0.333. The molecule has 0 saturated carbocycles. The van der Waals surface area contributed by atoms with Crippen LogP contribution in [0.4, 0.5) is 0 Å². The highest BCUT2D eigenvalue weighted by molar-refractivity contribution is 7.99. The smallest absolute Gasteiger partial charge is 0.126 e. The van der Waals surface area contributed by atoms with Gasteiger partial charge in [-0.25, -0.2) is 15.0 Å². The lowest BCUT2D eigenvalue weighted by molar-refractivity contribution is 0.615. The van der Waals surface area contributed by atoms with E-state index in [0.29, 0.717) is 5.92 Å². The molecule has 0 aromatic carbocycles. The van der Waals surface area contributed by atoms with Gasteiger partial charge in [0.2, 0.25) is 0 Å². The van der Waals surface area contributed by atoms with Crippen LogP contribution < -0.4 is 0 Å². The van der Waals surface area contributed by atoms with E-state index in [1.54, 1.807) is 29.4 Å². The summed E-state index contributed by atoms with van der Waals surface area (Å²) in [6.07, 6.45) is 9.57. The lowest BCUT2D eigenvalue weighted by atomic mass is 9.87. The van der Waals surface area contributed by atoms with E-state index < -0.39 is 0 Å². The molecule has 0 bridgehead atoms. The summed E-state index contributed by atoms with van der Waals surface area (Å²) in [5.41, 5.74) is 5.43. The largest absolute Gasteiger partial charge is 0.242 e. The van der Waals surface area contributed by atoms with Gasteiger partial charge in [-0.1, -0.05) is 19.9 Å². The van der Waals surface area contributed by atoms with Crippen molar-refractivity contribution in [1.29, 1.82) is 0 Å². The SMILES string of the molecule is C=CCSc1ncnc2c1sc1nc(CC(C)C)c3c(c12)CCCC3. The first kappa shape index (κ1) is 17.0. The number of fused-ring (bicyclic) bond motifs is 5. The van der Waals surface area contributed by atoms with Gasteiger partial charge in [0.15, 0.2) is 0 Å². The first-order chi connectivity index (χ1) is 12.2. The molecule has 0 N–H and O–H groups in total. The zero-order valence-electron chi connectivity index (χ0n) is 14.8. The topological polar surface area (TPSA) is 38.7 Å². The predicted molar refractivity (Wildman–Crippen MR) is 109 cm³/mol. The highest BCUT2D eigenvalue weighted by atomic mass is 32.2. The van der Waals surface area contributed by atoms with Crippen LogP contribution in [0, 0.1) is 5.92 Å². The summed E-state index contributed by atoms with van der Waals surface area (Å²) in [7, 11) is 0. The molecule has 1 aliphatic rings. The third-order valence-electron chi connectivity index (χ3n) is 4.71. The molecule has 3 aromatic rings. The Hall–Kier alpha value is -1.46. The van der Waals surface area contributed by atoms with E-state index in [1.165, 1.54) is 46.2 Å². The highest BCUT2D eigenvalue weighted by Crippen LogP contribution is 2.41. The average molecular weight is 370 g/mol. The van der Waals surface area contributed by atoms with Gasteiger partial charge in [0.1, 0.15) is 16.2 Å². The van der Waals surface area contributed by atoms with Crippen LogP contribution in [0.3, 0.4) is 0 Å². The van der Waals surface area contributed by atoms with Crippen LogP contribution in [0.2, 0.25) is 0 Å². The minimum Gasteiger partial charge on any atom is -0.242 e. The van der Waals surface area contributed by atoms with E-state index >= 15 is 0 Å². The Balaban J connectivity index is 1.98. The zero-order chi connectivity index (χ0) is 17.4. The maximum absolute atomic E-state index is 5.11. The summed E-state index contributed by atoms with van der Waals surface area (Å²) in [5.74, 6) is 1.49. The number of pyridine rings is 1. The van der Waals surface area contributed by atoms with E-state index in [4.69, 9.17) is 4.98 Å². The molecule has 25 heavy (non-hydrogen) atoms. The Kier molecular flexibility index (Phi) is 4.78. The van der Waals surface area contributed by atoms with Crippen molar-refractivity contribution in [3.05, 3.63) is 35.8 Å². The summed E-state index contributed by atoms with van der Waals surface area (Å²) < 4.78 is 1.19. The summed E-state index contributed by atoms with van der Waals surface area (Å²) in [4.78, 5) is 15.4. The molecule has 0 radical (unpaired) electrons. The Morgan fingerprint density at radius 1 is 1.24 bits per heavy atom. The van der Waals surface area contributed by atoms with E-state index in [2.05, 4.69) is 30.4 Å². The lowest BCUT2D eigenvalue weighted by Crippen LogP contribution is -2.11. The minimum atomic E-state index is 0.629. The summed E-state index contributed by atoms with van der Waals surface area (Å²) in [6, 6.07) is 0. The van der Waals surface area contributed by atoms with Crippen molar-refractivity contribution in [3.8, 4) is 0 Å². The van der Waals surface area contributed by atoms with Crippen molar-refractivity contribution < 1.29 is 0 Å². The molecule has 3 heterocycles. The van der Waals surface area contributed by atoms with Crippen molar-refractivity contribution in [2.75, 3.05) is 5.75 Å². The second-order valence-electron chi connectivity index (χ2n) is 7.06. The molecule has 0 atom stereocenters. The van der Waals surface area contributed by atoms with Crippen LogP contribution in [0.25, 0.3) is 20.4 Å². The first-order valence-electron chi connectivity index (χ1n) is 9.00. The van der Waals surface area contributed by atoms with Crippen molar-refractivity contribution in [2.45, 2.75) is 51.0 Å². The maximum Gasteiger partial charge on any atom is 0.126 e. The van der Waals surface area contributed by atoms with E-state index in [1.807, 2.05) is 6.08 Å². The van der Waals surface area contributed by atoms with Gasteiger partial charge in [0.05, 0.1) is 10.2 Å². The molecular weight excluding hydrogens is 346 g/mol. The van der Waals surface area contributed by atoms with E-state index in [-0.39, 0.29) is 0 Å². The molecule has 1 aliphatic carbocycles. The number of thiophene rings is 1. The molecule has 0 aliphatic heterocycles. The van der Waals surface area contributed by atoms with Crippen LogP contribution in [-0.4, -0.2) is 20.7 Å². The molecule has 0 unspecified atom stereocenters. The van der Waals surface area contributed by atoms with E-state index in [0.717, 1.165) is 34.0 Å². The Labute approximate surface area is 157 Å². The van der Waals surface area contributed by atoms with Gasteiger partial charge in [-0.15, -0.1) is 29.7 Å². The predicted octanol–water partition coefficient (Wildman–Crippen LogP) is 5.59. The molecule has 0 amide bonds.